The topological polar surface area (TPSA) is 83.6 Å². The number of anilines is 1. The summed E-state index contributed by atoms with van der Waals surface area (Å²) in [4.78, 5) is 31.2. The Kier molecular flexibility index (Phi) is 8.60. The zero-order valence-corrected chi connectivity index (χ0v) is 18.6. The van der Waals surface area contributed by atoms with Crippen LogP contribution in [-0.4, -0.2) is 48.1 Å². The zero-order valence-electron chi connectivity index (χ0n) is 17.7. The Labute approximate surface area is 176 Å². The lowest BCUT2D eigenvalue weighted by Gasteiger charge is -2.23. The third-order valence-corrected chi connectivity index (χ3v) is 5.50. The van der Waals surface area contributed by atoms with Crippen molar-refractivity contribution >= 4 is 29.0 Å². The van der Waals surface area contributed by atoms with E-state index in [9.17, 15) is 9.59 Å². The molecule has 29 heavy (non-hydrogen) atoms. The summed E-state index contributed by atoms with van der Waals surface area (Å²) in [7, 11) is 1.60. The van der Waals surface area contributed by atoms with Crippen LogP contribution in [0.4, 0.5) is 10.5 Å². The maximum absolute atomic E-state index is 12.9. The highest BCUT2D eigenvalue weighted by Gasteiger charge is 2.19. The van der Waals surface area contributed by atoms with Crippen LogP contribution in [0.3, 0.4) is 0 Å². The second-order valence-electron chi connectivity index (χ2n) is 7.02. The molecular weight excluding hydrogens is 388 g/mol. The van der Waals surface area contributed by atoms with Crippen molar-refractivity contribution in [2.45, 2.75) is 46.7 Å². The predicted octanol–water partition coefficient (Wildman–Crippen LogP) is 3.97. The lowest BCUT2D eigenvalue weighted by molar-refractivity contribution is 0.0934. The maximum Gasteiger partial charge on any atom is 0.322 e. The van der Waals surface area contributed by atoms with Crippen LogP contribution < -0.4 is 10.6 Å². The minimum Gasteiger partial charge on any atom is -0.383 e. The molecule has 0 radical (unpaired) electrons. The number of hydrogen-bond acceptors (Lipinski definition) is 5. The normalized spacial score (nSPS) is 11.8. The van der Waals surface area contributed by atoms with Crippen LogP contribution >= 0.6 is 11.3 Å². The zero-order chi connectivity index (χ0) is 21.4. The first-order chi connectivity index (χ1) is 13.8. The number of para-hydroxylation sites is 1. The number of urea groups is 1. The van der Waals surface area contributed by atoms with Gasteiger partial charge in [-0.15, -0.1) is 11.3 Å². The molecule has 1 unspecified atom stereocenters. The van der Waals surface area contributed by atoms with Gasteiger partial charge >= 0.3 is 6.03 Å². The van der Waals surface area contributed by atoms with Gasteiger partial charge in [0, 0.05) is 30.8 Å². The Bertz CT molecular complexity index is 817. The maximum atomic E-state index is 12.9. The second-order valence-corrected chi connectivity index (χ2v) is 7.96. The van der Waals surface area contributed by atoms with Gasteiger partial charge in [0.25, 0.3) is 5.91 Å². The molecular formula is C21H30N4O3S. The van der Waals surface area contributed by atoms with E-state index in [0.717, 1.165) is 23.2 Å². The lowest BCUT2D eigenvalue weighted by Crippen LogP contribution is -2.37. The number of rotatable bonds is 9. The second kappa shape index (κ2) is 10.9. The molecule has 0 saturated carbocycles. The van der Waals surface area contributed by atoms with Gasteiger partial charge in [-0.1, -0.05) is 25.1 Å². The van der Waals surface area contributed by atoms with Crippen LogP contribution in [0.1, 0.15) is 46.9 Å². The molecule has 0 aliphatic rings. The van der Waals surface area contributed by atoms with E-state index in [-0.39, 0.29) is 18.0 Å². The Morgan fingerprint density at radius 1 is 1.28 bits per heavy atom. The molecule has 2 aromatic rings. The number of methoxy groups -OCH3 is 1. The Balaban J connectivity index is 2.10. The molecule has 2 rings (SSSR count). The summed E-state index contributed by atoms with van der Waals surface area (Å²) in [5.41, 5.74) is 3.20. The number of benzene rings is 1. The average Bonchev–Trinajstić information content (AvgIpc) is 3.16. The smallest absolute Gasteiger partial charge is 0.322 e. The van der Waals surface area contributed by atoms with E-state index in [4.69, 9.17) is 4.74 Å². The number of nitrogens with zero attached hydrogens (tertiary/aromatic N) is 2. The summed E-state index contributed by atoms with van der Waals surface area (Å²) in [6.45, 7) is 9.03. The lowest BCUT2D eigenvalue weighted by atomic mass is 10.1. The van der Waals surface area contributed by atoms with Crippen molar-refractivity contribution in [2.75, 3.05) is 25.6 Å². The molecule has 1 aromatic carbocycles. The van der Waals surface area contributed by atoms with Crippen LogP contribution in [0.15, 0.2) is 23.6 Å². The van der Waals surface area contributed by atoms with Crippen molar-refractivity contribution < 1.29 is 14.3 Å². The molecule has 0 bridgehead atoms. The molecule has 0 saturated heterocycles. The van der Waals surface area contributed by atoms with Gasteiger partial charge in [-0.3, -0.25) is 4.79 Å². The number of amides is 3. The van der Waals surface area contributed by atoms with Crippen molar-refractivity contribution in [1.82, 2.24) is 15.2 Å². The van der Waals surface area contributed by atoms with E-state index in [1.165, 1.54) is 11.3 Å². The van der Waals surface area contributed by atoms with Crippen molar-refractivity contribution in [3.63, 3.8) is 0 Å². The van der Waals surface area contributed by atoms with Crippen molar-refractivity contribution in [1.29, 1.82) is 0 Å². The fraction of sp³-hybridized carbons (Fsp3) is 0.476. The van der Waals surface area contributed by atoms with E-state index in [1.807, 2.05) is 45.9 Å². The standard InChI is InChI=1S/C21H30N4O3S/c1-6-16(4)22-20(26)17-13-29-18(23-17)12-25(10-11-28-5)21(27)24-19-14(2)8-7-9-15(19)3/h7-9,13,16H,6,10-12H2,1-5H3,(H,22,26)(H,24,27). The summed E-state index contributed by atoms with van der Waals surface area (Å²) >= 11 is 1.37. The summed E-state index contributed by atoms with van der Waals surface area (Å²) < 4.78 is 5.15. The number of aromatic nitrogens is 1. The van der Waals surface area contributed by atoms with E-state index < -0.39 is 0 Å². The molecule has 2 N–H and O–H groups in total. The summed E-state index contributed by atoms with van der Waals surface area (Å²) in [6, 6.07) is 5.76. The van der Waals surface area contributed by atoms with Gasteiger partial charge in [-0.25, -0.2) is 9.78 Å². The molecule has 0 aliphatic carbocycles. The van der Waals surface area contributed by atoms with Crippen LogP contribution in [0.5, 0.6) is 0 Å². The summed E-state index contributed by atoms with van der Waals surface area (Å²) in [5.74, 6) is -0.190. The van der Waals surface area contributed by atoms with Crippen molar-refractivity contribution in [2.24, 2.45) is 0 Å². The molecule has 1 atom stereocenters. The van der Waals surface area contributed by atoms with Crippen molar-refractivity contribution in [3.05, 3.63) is 45.4 Å². The van der Waals surface area contributed by atoms with Gasteiger partial charge in [0.05, 0.1) is 13.2 Å². The van der Waals surface area contributed by atoms with Crippen LogP contribution in [0.25, 0.3) is 0 Å². The quantitative estimate of drug-likeness (QED) is 0.645. The SMILES string of the molecule is CCC(C)NC(=O)c1csc(CN(CCOC)C(=O)Nc2c(C)cccc2C)n1. The van der Waals surface area contributed by atoms with Gasteiger partial charge in [0.15, 0.2) is 0 Å². The van der Waals surface area contributed by atoms with E-state index in [2.05, 4.69) is 15.6 Å². The van der Waals surface area contributed by atoms with Crippen LogP contribution in [0.2, 0.25) is 0 Å². The third kappa shape index (κ3) is 6.54. The van der Waals surface area contributed by atoms with E-state index in [1.54, 1.807) is 17.4 Å². The van der Waals surface area contributed by atoms with Crippen molar-refractivity contribution in [3.8, 4) is 0 Å². The molecule has 8 heteroatoms. The number of aryl methyl sites for hydroxylation is 2. The average molecular weight is 419 g/mol. The van der Waals surface area contributed by atoms with E-state index in [0.29, 0.717) is 30.4 Å². The summed E-state index contributed by atoms with van der Waals surface area (Å²) in [6.07, 6.45) is 0.853. The molecule has 0 aliphatic heterocycles. The third-order valence-electron chi connectivity index (χ3n) is 4.67. The van der Waals surface area contributed by atoms with Crippen LogP contribution in [-0.2, 0) is 11.3 Å². The fourth-order valence-electron chi connectivity index (χ4n) is 2.70. The molecule has 7 nitrogen and oxygen atoms in total. The Morgan fingerprint density at radius 3 is 2.59 bits per heavy atom. The van der Waals surface area contributed by atoms with Gasteiger partial charge < -0.3 is 20.3 Å². The molecule has 1 aromatic heterocycles. The first kappa shape index (κ1) is 22.8. The predicted molar refractivity (Wildman–Crippen MR) is 117 cm³/mol. The highest BCUT2D eigenvalue weighted by molar-refractivity contribution is 7.09. The highest BCUT2D eigenvalue weighted by atomic mass is 32.1. The number of carbonyl (C=O) groups is 2. The number of carbonyl (C=O) groups excluding carboxylic acids is 2. The fourth-order valence-corrected chi connectivity index (χ4v) is 3.49. The minimum atomic E-state index is -0.222. The number of thiazole rings is 1. The van der Waals surface area contributed by atoms with Gasteiger partial charge in [-0.2, -0.15) is 0 Å². The first-order valence-corrected chi connectivity index (χ1v) is 10.6. The Morgan fingerprint density at radius 2 is 1.97 bits per heavy atom. The first-order valence-electron chi connectivity index (χ1n) is 9.72. The number of nitrogens with one attached hydrogen (secondary N) is 2. The minimum absolute atomic E-state index is 0.0916. The largest absolute Gasteiger partial charge is 0.383 e. The molecule has 0 fully saturated rings. The highest BCUT2D eigenvalue weighted by Crippen LogP contribution is 2.21. The molecule has 158 valence electrons. The Hall–Kier alpha value is -2.45. The molecule has 1 heterocycles. The van der Waals surface area contributed by atoms with Crippen LogP contribution in [0, 0.1) is 13.8 Å². The monoisotopic (exact) mass is 418 g/mol. The number of ether oxygens (including phenoxy) is 1. The summed E-state index contributed by atoms with van der Waals surface area (Å²) in [5, 5.41) is 8.34. The van der Waals surface area contributed by atoms with Gasteiger partial charge in [-0.05, 0) is 38.3 Å². The van der Waals surface area contributed by atoms with Gasteiger partial charge in [0.2, 0.25) is 0 Å². The molecule has 3 amide bonds. The van der Waals surface area contributed by atoms with Gasteiger partial charge in [0.1, 0.15) is 10.7 Å². The van der Waals surface area contributed by atoms with E-state index >= 15 is 0 Å². The number of hydrogen-bond donors (Lipinski definition) is 2. The molecule has 0 spiro atoms.